The Morgan fingerprint density at radius 2 is 2.00 bits per heavy atom. The fourth-order valence-corrected chi connectivity index (χ4v) is 2.80. The Morgan fingerprint density at radius 1 is 1.44 bits per heavy atom. The molecule has 0 fully saturated rings. The first kappa shape index (κ1) is 13.7. The van der Waals surface area contributed by atoms with Gasteiger partial charge in [0.1, 0.15) is 0 Å². The first-order valence-corrected chi connectivity index (χ1v) is 7.31. The summed E-state index contributed by atoms with van der Waals surface area (Å²) in [4.78, 5) is 9.64. The van der Waals surface area contributed by atoms with E-state index in [0.717, 1.165) is 5.56 Å². The van der Waals surface area contributed by atoms with Crippen molar-refractivity contribution in [3.63, 3.8) is 0 Å². The van der Waals surface area contributed by atoms with E-state index >= 15 is 0 Å². The van der Waals surface area contributed by atoms with Gasteiger partial charge in [-0.05, 0) is 31.0 Å². The highest BCUT2D eigenvalue weighted by Gasteiger charge is 2.22. The van der Waals surface area contributed by atoms with E-state index in [-0.39, 0.29) is 12.3 Å². The van der Waals surface area contributed by atoms with Crippen LogP contribution in [-0.2, 0) is 15.3 Å². The molecular formula is C11H16ClO3P. The van der Waals surface area contributed by atoms with Crippen LogP contribution < -0.4 is 0 Å². The highest BCUT2D eigenvalue weighted by Crippen LogP contribution is 2.47. The molecule has 3 nitrogen and oxygen atoms in total. The highest BCUT2D eigenvalue weighted by molar-refractivity contribution is 7.51. The number of benzene rings is 1. The van der Waals surface area contributed by atoms with E-state index < -0.39 is 7.60 Å². The molecule has 1 aromatic rings. The molecule has 2 atom stereocenters. The summed E-state index contributed by atoms with van der Waals surface area (Å²) >= 11 is 5.73. The first-order valence-electron chi connectivity index (χ1n) is 5.17. The Morgan fingerprint density at radius 3 is 2.50 bits per heavy atom. The molecule has 16 heavy (non-hydrogen) atoms. The Labute approximate surface area is 101 Å². The normalized spacial score (nSPS) is 16.8. The molecule has 0 aromatic heterocycles. The average Bonchev–Trinajstić information content (AvgIpc) is 2.20. The van der Waals surface area contributed by atoms with Gasteiger partial charge in [-0.15, -0.1) is 0 Å². The molecule has 1 aromatic carbocycles. The standard InChI is InChI=1S/C11H16ClO3P/c1-3-9(2)15-16(13,14)8-10-4-6-11(12)7-5-10/h4-7,9H,3,8H2,1-2H3,(H,13,14). The lowest BCUT2D eigenvalue weighted by Gasteiger charge is -2.16. The summed E-state index contributed by atoms with van der Waals surface area (Å²) in [6.45, 7) is 3.69. The molecule has 90 valence electrons. The van der Waals surface area contributed by atoms with Crippen LogP contribution in [0.4, 0.5) is 0 Å². The van der Waals surface area contributed by atoms with Gasteiger partial charge >= 0.3 is 7.60 Å². The van der Waals surface area contributed by atoms with Crippen molar-refractivity contribution < 1.29 is 14.0 Å². The lowest BCUT2D eigenvalue weighted by molar-refractivity contribution is 0.185. The molecule has 1 rings (SSSR count). The van der Waals surface area contributed by atoms with Gasteiger partial charge in [0.05, 0.1) is 12.3 Å². The van der Waals surface area contributed by atoms with Crippen LogP contribution >= 0.6 is 19.2 Å². The van der Waals surface area contributed by atoms with Gasteiger partial charge in [-0.3, -0.25) is 4.57 Å². The molecule has 0 spiro atoms. The maximum Gasteiger partial charge on any atom is 0.332 e. The van der Waals surface area contributed by atoms with Gasteiger partial charge in [-0.1, -0.05) is 30.7 Å². The largest absolute Gasteiger partial charge is 0.332 e. The van der Waals surface area contributed by atoms with Crippen LogP contribution in [0.25, 0.3) is 0 Å². The van der Waals surface area contributed by atoms with Crippen LogP contribution in [0.1, 0.15) is 25.8 Å². The summed E-state index contributed by atoms with van der Waals surface area (Å²) in [6, 6.07) is 6.84. The predicted octanol–water partition coefficient (Wildman–Crippen LogP) is 3.84. The van der Waals surface area contributed by atoms with Gasteiger partial charge in [-0.2, -0.15) is 0 Å². The minimum atomic E-state index is -3.55. The highest BCUT2D eigenvalue weighted by atomic mass is 35.5. The Balaban J connectivity index is 2.65. The lowest BCUT2D eigenvalue weighted by atomic mass is 10.2. The third-order valence-electron chi connectivity index (χ3n) is 2.22. The van der Waals surface area contributed by atoms with Crippen molar-refractivity contribution in [2.45, 2.75) is 32.5 Å². The summed E-state index contributed by atoms with van der Waals surface area (Å²) in [6.07, 6.45) is 0.530. The lowest BCUT2D eigenvalue weighted by Crippen LogP contribution is -2.05. The minimum Gasteiger partial charge on any atom is -0.324 e. The van der Waals surface area contributed by atoms with Crippen LogP contribution in [0.15, 0.2) is 24.3 Å². The SMILES string of the molecule is CCC(C)OP(=O)(O)Cc1ccc(Cl)cc1. The third kappa shape index (κ3) is 4.67. The molecule has 0 saturated carbocycles. The number of hydrogen-bond donors (Lipinski definition) is 1. The molecule has 2 unspecified atom stereocenters. The number of halogens is 1. The van der Waals surface area contributed by atoms with Crippen LogP contribution in [0, 0.1) is 0 Å². The molecular weight excluding hydrogens is 247 g/mol. The van der Waals surface area contributed by atoms with Gasteiger partial charge in [0.2, 0.25) is 0 Å². The van der Waals surface area contributed by atoms with Crippen LogP contribution in [0.2, 0.25) is 5.02 Å². The minimum absolute atomic E-state index is 0.0223. The average molecular weight is 263 g/mol. The monoisotopic (exact) mass is 262 g/mol. The predicted molar refractivity (Wildman–Crippen MR) is 65.8 cm³/mol. The number of hydrogen-bond acceptors (Lipinski definition) is 2. The van der Waals surface area contributed by atoms with Gasteiger partial charge in [0, 0.05) is 5.02 Å². The second kappa shape index (κ2) is 5.83. The second-order valence-corrected chi connectivity index (χ2v) is 5.98. The van der Waals surface area contributed by atoms with E-state index in [0.29, 0.717) is 11.4 Å². The van der Waals surface area contributed by atoms with Crippen LogP contribution in [0.3, 0.4) is 0 Å². The second-order valence-electron chi connectivity index (χ2n) is 3.75. The maximum absolute atomic E-state index is 11.7. The molecule has 0 radical (unpaired) electrons. The molecule has 0 aliphatic heterocycles. The van der Waals surface area contributed by atoms with E-state index in [1.807, 2.05) is 6.92 Å². The summed E-state index contributed by atoms with van der Waals surface area (Å²) in [5, 5.41) is 0.611. The molecule has 5 heteroatoms. The topological polar surface area (TPSA) is 46.5 Å². The summed E-state index contributed by atoms with van der Waals surface area (Å²) < 4.78 is 16.8. The zero-order chi connectivity index (χ0) is 12.2. The van der Waals surface area contributed by atoms with Crippen molar-refractivity contribution >= 4 is 19.2 Å². The summed E-state index contributed by atoms with van der Waals surface area (Å²) in [5.41, 5.74) is 0.749. The van der Waals surface area contributed by atoms with E-state index in [2.05, 4.69) is 0 Å². The zero-order valence-electron chi connectivity index (χ0n) is 9.39. The molecule has 0 heterocycles. The molecule has 0 aliphatic carbocycles. The maximum atomic E-state index is 11.7. The zero-order valence-corrected chi connectivity index (χ0v) is 11.0. The van der Waals surface area contributed by atoms with Crippen LogP contribution in [0.5, 0.6) is 0 Å². The fraction of sp³-hybridized carbons (Fsp3) is 0.455. The first-order chi connectivity index (χ1) is 7.43. The Kier molecular flexibility index (Phi) is 5.00. The summed E-state index contributed by atoms with van der Waals surface area (Å²) in [5.74, 6) is 0. The van der Waals surface area contributed by atoms with Crippen molar-refractivity contribution in [1.29, 1.82) is 0 Å². The number of rotatable bonds is 5. The molecule has 0 aliphatic rings. The van der Waals surface area contributed by atoms with E-state index in [1.165, 1.54) is 0 Å². The van der Waals surface area contributed by atoms with E-state index in [1.54, 1.807) is 31.2 Å². The van der Waals surface area contributed by atoms with E-state index in [9.17, 15) is 9.46 Å². The van der Waals surface area contributed by atoms with Crippen molar-refractivity contribution in [2.24, 2.45) is 0 Å². The van der Waals surface area contributed by atoms with Crippen LogP contribution in [-0.4, -0.2) is 11.0 Å². The fourth-order valence-electron chi connectivity index (χ4n) is 1.21. The third-order valence-corrected chi connectivity index (χ3v) is 3.92. The Hall–Kier alpha value is -0.340. The van der Waals surface area contributed by atoms with Crippen molar-refractivity contribution in [1.82, 2.24) is 0 Å². The Bertz CT molecular complexity index is 377. The molecule has 0 saturated heterocycles. The van der Waals surface area contributed by atoms with E-state index in [4.69, 9.17) is 16.1 Å². The van der Waals surface area contributed by atoms with Crippen molar-refractivity contribution in [3.8, 4) is 0 Å². The molecule has 0 amide bonds. The molecule has 0 bridgehead atoms. The summed E-state index contributed by atoms with van der Waals surface area (Å²) in [7, 11) is -3.55. The van der Waals surface area contributed by atoms with Gasteiger partial charge in [-0.25, -0.2) is 0 Å². The van der Waals surface area contributed by atoms with Gasteiger partial charge in [0.15, 0.2) is 0 Å². The molecule has 1 N–H and O–H groups in total. The quantitative estimate of drug-likeness (QED) is 0.820. The smallest absolute Gasteiger partial charge is 0.324 e. The van der Waals surface area contributed by atoms with Gasteiger partial charge in [0.25, 0.3) is 0 Å². The van der Waals surface area contributed by atoms with Crippen molar-refractivity contribution in [2.75, 3.05) is 0 Å². The van der Waals surface area contributed by atoms with Gasteiger partial charge < -0.3 is 9.42 Å². The van der Waals surface area contributed by atoms with Crippen molar-refractivity contribution in [3.05, 3.63) is 34.9 Å².